The van der Waals surface area contributed by atoms with E-state index in [2.05, 4.69) is 59.6 Å². The predicted octanol–water partition coefficient (Wildman–Crippen LogP) is 5.66. The molecule has 1 aliphatic carbocycles. The Bertz CT molecular complexity index is 345. The highest BCUT2D eigenvalue weighted by Crippen LogP contribution is 2.50. The minimum atomic E-state index is -0.102. The lowest BCUT2D eigenvalue weighted by Crippen LogP contribution is -2.55. The standard InChI is InChI=1S/C15H25Br2ClO/c1-13(2)11(16)6-8-15(4,19-13)10-5-7-14(3,18)12(17)9-10/h10-12H,5-9H2,1-4H3/t10-,11+,12-,14-,15-/m0/s1. The summed E-state index contributed by atoms with van der Waals surface area (Å²) >= 11 is 14.1. The van der Waals surface area contributed by atoms with Crippen molar-refractivity contribution >= 4 is 43.5 Å². The highest BCUT2D eigenvalue weighted by atomic mass is 79.9. The van der Waals surface area contributed by atoms with E-state index < -0.39 is 0 Å². The summed E-state index contributed by atoms with van der Waals surface area (Å²) in [6.07, 6.45) is 5.66. The topological polar surface area (TPSA) is 9.23 Å². The maximum Gasteiger partial charge on any atom is 0.0758 e. The smallest absolute Gasteiger partial charge is 0.0758 e. The molecule has 0 unspecified atom stereocenters. The van der Waals surface area contributed by atoms with Crippen molar-refractivity contribution in [2.75, 3.05) is 0 Å². The molecule has 0 aromatic heterocycles. The van der Waals surface area contributed by atoms with Crippen molar-refractivity contribution in [3.63, 3.8) is 0 Å². The van der Waals surface area contributed by atoms with Gasteiger partial charge >= 0.3 is 0 Å². The van der Waals surface area contributed by atoms with Crippen molar-refractivity contribution in [1.82, 2.24) is 0 Å². The average Bonchev–Trinajstić information content (AvgIpc) is 2.27. The SMILES string of the molecule is CC1(C)O[C@](C)([C@H]2CC[C@](C)(Cl)[C@@H](Br)C2)CC[C@H]1Br. The van der Waals surface area contributed by atoms with Crippen LogP contribution < -0.4 is 0 Å². The molecule has 0 spiro atoms. The summed E-state index contributed by atoms with van der Waals surface area (Å²) in [4.78, 5) is 0.731. The monoisotopic (exact) mass is 414 g/mol. The third-order valence-electron chi connectivity index (χ3n) is 5.13. The minimum Gasteiger partial charge on any atom is -0.368 e. The van der Waals surface area contributed by atoms with Crippen molar-refractivity contribution in [3.05, 3.63) is 0 Å². The van der Waals surface area contributed by atoms with E-state index in [1.54, 1.807) is 0 Å². The summed E-state index contributed by atoms with van der Waals surface area (Å²) in [5, 5.41) is 0. The summed E-state index contributed by atoms with van der Waals surface area (Å²) in [6.45, 7) is 8.84. The van der Waals surface area contributed by atoms with Crippen LogP contribution in [-0.2, 0) is 4.74 Å². The second-order valence-electron chi connectivity index (χ2n) is 7.24. The summed E-state index contributed by atoms with van der Waals surface area (Å²) in [6, 6.07) is 0. The molecule has 1 heterocycles. The summed E-state index contributed by atoms with van der Waals surface area (Å²) < 4.78 is 6.52. The molecular formula is C15H25Br2ClO. The van der Waals surface area contributed by atoms with Crippen LogP contribution in [0.4, 0.5) is 0 Å². The lowest BCUT2D eigenvalue weighted by molar-refractivity contribution is -0.190. The molecule has 112 valence electrons. The van der Waals surface area contributed by atoms with Gasteiger partial charge in [-0.1, -0.05) is 31.9 Å². The van der Waals surface area contributed by atoms with Gasteiger partial charge in [0.15, 0.2) is 0 Å². The minimum absolute atomic E-state index is 0.00677. The molecule has 0 aromatic carbocycles. The van der Waals surface area contributed by atoms with Crippen LogP contribution in [0.2, 0.25) is 0 Å². The van der Waals surface area contributed by atoms with Gasteiger partial charge in [-0.2, -0.15) is 0 Å². The van der Waals surface area contributed by atoms with Gasteiger partial charge in [-0.05, 0) is 65.7 Å². The van der Waals surface area contributed by atoms with Crippen molar-refractivity contribution in [1.29, 1.82) is 0 Å². The Balaban J connectivity index is 2.10. The zero-order chi connectivity index (χ0) is 14.5. The molecule has 2 rings (SSSR count). The first-order valence-corrected chi connectivity index (χ1v) is 9.45. The van der Waals surface area contributed by atoms with Gasteiger partial charge < -0.3 is 4.74 Å². The van der Waals surface area contributed by atoms with Crippen molar-refractivity contribution < 1.29 is 4.74 Å². The highest BCUT2D eigenvalue weighted by molar-refractivity contribution is 9.09. The van der Waals surface area contributed by atoms with Gasteiger partial charge in [0.2, 0.25) is 0 Å². The fourth-order valence-electron chi connectivity index (χ4n) is 3.55. The largest absolute Gasteiger partial charge is 0.368 e. The van der Waals surface area contributed by atoms with E-state index in [0.717, 1.165) is 19.3 Å². The zero-order valence-corrected chi connectivity index (χ0v) is 16.2. The Morgan fingerprint density at radius 2 is 1.63 bits per heavy atom. The normalized spacial score (nSPS) is 51.0. The molecule has 19 heavy (non-hydrogen) atoms. The van der Waals surface area contributed by atoms with Crippen LogP contribution in [-0.4, -0.2) is 25.7 Å². The van der Waals surface area contributed by atoms with Gasteiger partial charge in [0.25, 0.3) is 0 Å². The molecule has 0 N–H and O–H groups in total. The number of alkyl halides is 3. The van der Waals surface area contributed by atoms with Gasteiger partial charge in [-0.15, -0.1) is 11.6 Å². The van der Waals surface area contributed by atoms with E-state index in [4.69, 9.17) is 16.3 Å². The second kappa shape index (κ2) is 5.44. The predicted molar refractivity (Wildman–Crippen MR) is 89.8 cm³/mol. The number of hydrogen-bond donors (Lipinski definition) is 0. The Hall–Kier alpha value is 1.21. The van der Waals surface area contributed by atoms with Gasteiger partial charge in [0, 0.05) is 9.65 Å². The molecule has 0 bridgehead atoms. The number of hydrogen-bond acceptors (Lipinski definition) is 1. The number of rotatable bonds is 1. The Morgan fingerprint density at radius 3 is 2.16 bits per heavy atom. The number of halogens is 3. The van der Waals surface area contributed by atoms with Crippen LogP contribution >= 0.6 is 43.5 Å². The van der Waals surface area contributed by atoms with Crippen LogP contribution in [0.25, 0.3) is 0 Å². The third kappa shape index (κ3) is 3.35. The molecule has 1 nitrogen and oxygen atoms in total. The van der Waals surface area contributed by atoms with Gasteiger partial charge in [-0.25, -0.2) is 0 Å². The van der Waals surface area contributed by atoms with Crippen molar-refractivity contribution in [3.8, 4) is 0 Å². The molecule has 2 aliphatic rings. The van der Waals surface area contributed by atoms with E-state index >= 15 is 0 Å². The van der Waals surface area contributed by atoms with Gasteiger partial charge in [0.05, 0.1) is 16.1 Å². The van der Waals surface area contributed by atoms with Crippen LogP contribution in [0.1, 0.15) is 59.8 Å². The first kappa shape index (κ1) is 16.6. The van der Waals surface area contributed by atoms with E-state index in [1.165, 1.54) is 12.8 Å². The lowest BCUT2D eigenvalue weighted by atomic mass is 9.70. The Morgan fingerprint density at radius 1 is 1.00 bits per heavy atom. The quantitative estimate of drug-likeness (QED) is 0.501. The highest BCUT2D eigenvalue weighted by Gasteiger charge is 2.50. The Labute approximate surface area is 139 Å². The summed E-state index contributed by atoms with van der Waals surface area (Å²) in [5.74, 6) is 0.600. The maximum atomic E-state index is 6.56. The van der Waals surface area contributed by atoms with E-state index in [1.807, 2.05) is 0 Å². The second-order valence-corrected chi connectivity index (χ2v) is 10.3. The van der Waals surface area contributed by atoms with E-state index in [0.29, 0.717) is 15.6 Å². The molecule has 4 heteroatoms. The molecular weight excluding hydrogens is 391 g/mol. The van der Waals surface area contributed by atoms with Crippen LogP contribution in [0.5, 0.6) is 0 Å². The van der Waals surface area contributed by atoms with Crippen LogP contribution in [0.3, 0.4) is 0 Å². The molecule has 1 saturated heterocycles. The molecule has 5 atom stereocenters. The maximum absolute atomic E-state index is 6.56. The van der Waals surface area contributed by atoms with Crippen molar-refractivity contribution in [2.24, 2.45) is 5.92 Å². The third-order valence-corrected chi connectivity index (χ3v) is 8.80. The van der Waals surface area contributed by atoms with Crippen LogP contribution in [0.15, 0.2) is 0 Å². The lowest BCUT2D eigenvalue weighted by Gasteiger charge is -2.52. The summed E-state index contributed by atoms with van der Waals surface area (Å²) in [5.41, 5.74) is -0.0935. The average molecular weight is 417 g/mol. The van der Waals surface area contributed by atoms with Gasteiger partial charge in [0.1, 0.15) is 0 Å². The fourth-order valence-corrected chi connectivity index (χ4v) is 4.75. The van der Waals surface area contributed by atoms with E-state index in [9.17, 15) is 0 Å². The molecule has 1 saturated carbocycles. The van der Waals surface area contributed by atoms with E-state index in [-0.39, 0.29) is 16.1 Å². The molecule has 2 fully saturated rings. The fraction of sp³-hybridized carbons (Fsp3) is 1.00. The molecule has 0 aromatic rings. The Kier molecular flexibility index (Phi) is 4.75. The number of ether oxygens (including phenoxy) is 1. The van der Waals surface area contributed by atoms with Gasteiger partial charge in [-0.3, -0.25) is 0 Å². The first-order chi connectivity index (χ1) is 8.57. The molecule has 1 aliphatic heterocycles. The van der Waals surface area contributed by atoms with Crippen LogP contribution in [0, 0.1) is 5.92 Å². The van der Waals surface area contributed by atoms with Crippen molar-refractivity contribution in [2.45, 2.75) is 85.5 Å². The molecule has 0 amide bonds. The first-order valence-electron chi connectivity index (χ1n) is 7.24. The molecule has 0 radical (unpaired) electrons. The zero-order valence-electron chi connectivity index (χ0n) is 12.3. The summed E-state index contributed by atoms with van der Waals surface area (Å²) in [7, 11) is 0.